The first-order valence-electron chi connectivity index (χ1n) is 19.7. The van der Waals surface area contributed by atoms with E-state index in [0.717, 1.165) is 78.0 Å². The Labute approximate surface area is 353 Å². The molecule has 12 heterocycles. The van der Waals surface area contributed by atoms with Crippen LogP contribution >= 0.6 is 11.3 Å². The Morgan fingerprint density at radius 3 is 2.50 bits per heavy atom. The van der Waals surface area contributed by atoms with Crippen LogP contribution in [-0.2, 0) is 6.54 Å². The quantitative estimate of drug-likeness (QED) is 0.0990. The van der Waals surface area contributed by atoms with Crippen LogP contribution in [0.1, 0.15) is 23.1 Å². The van der Waals surface area contributed by atoms with Crippen molar-refractivity contribution in [1.29, 1.82) is 0 Å². The molecular weight excluding hydrogens is 811 g/mol. The van der Waals surface area contributed by atoms with Crippen molar-refractivity contribution in [2.45, 2.75) is 18.9 Å². The third kappa shape index (κ3) is 6.16. The van der Waals surface area contributed by atoms with Crippen LogP contribution in [0.3, 0.4) is 0 Å². The zero-order valence-electron chi connectivity index (χ0n) is 32.4. The van der Waals surface area contributed by atoms with Gasteiger partial charge in [0.05, 0.1) is 58.8 Å². The molecule has 2 aliphatic rings. The first-order chi connectivity index (χ1) is 30.3. The maximum atomic E-state index is 14.1. The summed E-state index contributed by atoms with van der Waals surface area (Å²) < 4.78 is 28.3. The molecule has 0 saturated carbocycles. The maximum absolute atomic E-state index is 14.1. The molecule has 2 aliphatic heterocycles. The molecule has 0 spiro atoms. The van der Waals surface area contributed by atoms with E-state index in [2.05, 4.69) is 71.9 Å². The fourth-order valence-corrected chi connectivity index (χ4v) is 9.27. The second-order valence-electron chi connectivity index (χ2n) is 15.5. The second kappa shape index (κ2) is 13.9. The van der Waals surface area contributed by atoms with Crippen LogP contribution in [0.15, 0.2) is 90.8 Å². The number of likely N-dealkylation sites (tertiary alicyclic amines) is 1. The van der Waals surface area contributed by atoms with Crippen LogP contribution < -0.4 is 10.6 Å². The van der Waals surface area contributed by atoms with E-state index in [1.165, 1.54) is 0 Å². The van der Waals surface area contributed by atoms with Crippen molar-refractivity contribution in [3.8, 4) is 45.3 Å². The van der Waals surface area contributed by atoms with Crippen LogP contribution in [0.25, 0.3) is 90.0 Å². The highest BCUT2D eigenvalue weighted by atomic mass is 32.1. The topological polar surface area (TPSA) is 212 Å². The predicted molar refractivity (Wildman–Crippen MR) is 233 cm³/mol. The van der Waals surface area contributed by atoms with E-state index < -0.39 is 5.92 Å². The number of H-pyrrole nitrogens is 4. The van der Waals surface area contributed by atoms with Crippen LogP contribution in [-0.4, -0.2) is 95.7 Å². The van der Waals surface area contributed by atoms with Gasteiger partial charge in [0.1, 0.15) is 22.7 Å². The molecule has 0 unspecified atom stereocenters. The molecule has 0 amide bonds. The normalized spacial score (nSPS) is 15.3. The number of halogens is 2. The molecule has 12 rings (SSSR count). The number of alkyl halides is 2. The minimum Gasteiger partial charge on any atom is -0.397 e. The van der Waals surface area contributed by atoms with Crippen molar-refractivity contribution in [2.24, 2.45) is 0 Å². The number of nitrogens with one attached hydrogen (secondary N) is 4. The van der Waals surface area contributed by atoms with Crippen LogP contribution in [0.5, 0.6) is 0 Å². The molecular formula is C43H32F2N16S. The Morgan fingerprint density at radius 1 is 0.790 bits per heavy atom. The van der Waals surface area contributed by atoms with E-state index in [-0.39, 0.29) is 13.0 Å². The molecule has 62 heavy (non-hydrogen) atoms. The molecule has 1 saturated heterocycles. The summed E-state index contributed by atoms with van der Waals surface area (Å²) in [6, 6.07) is 7.74. The molecule has 304 valence electrons. The molecule has 0 atom stereocenters. The van der Waals surface area contributed by atoms with E-state index in [1.807, 2.05) is 36.7 Å². The van der Waals surface area contributed by atoms with E-state index in [1.54, 1.807) is 59.6 Å². The number of imidazole rings is 2. The fourth-order valence-electron chi connectivity index (χ4n) is 8.43. The number of aromatic nitrogens is 13. The molecule has 6 N–H and O–H groups in total. The Morgan fingerprint density at radius 2 is 1.61 bits per heavy atom. The smallest absolute Gasteiger partial charge is 0.261 e. The lowest BCUT2D eigenvalue weighted by Crippen LogP contribution is -2.25. The molecule has 16 nitrogen and oxygen atoms in total. The lowest BCUT2D eigenvalue weighted by molar-refractivity contribution is 0.0115. The van der Waals surface area contributed by atoms with E-state index in [0.29, 0.717) is 59.5 Å². The Bertz CT molecular complexity index is 3360. The van der Waals surface area contributed by atoms with Gasteiger partial charge in [-0.1, -0.05) is 0 Å². The highest BCUT2D eigenvalue weighted by molar-refractivity contribution is 7.08. The predicted octanol–water partition coefficient (Wildman–Crippen LogP) is 7.86. The number of nitrogens with two attached hydrogens (primary N) is 1. The van der Waals surface area contributed by atoms with Gasteiger partial charge in [-0.05, 0) is 47.0 Å². The maximum Gasteiger partial charge on any atom is 0.261 e. The van der Waals surface area contributed by atoms with Gasteiger partial charge in [-0.25, -0.2) is 23.7 Å². The Kier molecular flexibility index (Phi) is 8.09. The fraction of sp³-hybridized carbons (Fsp3) is 0.140. The van der Waals surface area contributed by atoms with Gasteiger partial charge in [-0.3, -0.25) is 35.0 Å². The number of hydrogen-bond acceptors (Lipinski definition) is 13. The van der Waals surface area contributed by atoms with Crippen molar-refractivity contribution >= 4 is 73.3 Å². The number of rotatable bonds is 8. The molecule has 10 aromatic rings. The SMILES string of the molecule is Nc1cncc(-c2cnc3[nH]nc(-c4nc5c(-c6cscc6N6CC(c7cncc(CN8CCC(F)(F)C8)c7)=Cc7c(-c8nc9ccncc9[nH]8)n[nH]c76)cncc5[nH]4)c3c2)c1. The largest absolute Gasteiger partial charge is 0.397 e. The van der Waals surface area contributed by atoms with Crippen molar-refractivity contribution in [2.75, 3.05) is 30.3 Å². The number of aromatic amines is 4. The lowest BCUT2D eigenvalue weighted by atomic mass is 9.97. The summed E-state index contributed by atoms with van der Waals surface area (Å²) >= 11 is 1.56. The van der Waals surface area contributed by atoms with Gasteiger partial charge in [-0.15, -0.1) is 11.3 Å². The average Bonchev–Trinajstić information content (AvgIpc) is 4.15. The van der Waals surface area contributed by atoms with E-state index in [4.69, 9.17) is 20.8 Å². The zero-order chi connectivity index (χ0) is 41.5. The monoisotopic (exact) mass is 842 g/mol. The molecule has 1 fully saturated rings. The summed E-state index contributed by atoms with van der Waals surface area (Å²) in [7, 11) is 0. The minimum atomic E-state index is -2.68. The van der Waals surface area contributed by atoms with Gasteiger partial charge >= 0.3 is 0 Å². The Balaban J connectivity index is 0.946. The number of fused-ring (bicyclic) bond motifs is 4. The summed E-state index contributed by atoms with van der Waals surface area (Å²) in [6.45, 7) is 0.898. The summed E-state index contributed by atoms with van der Waals surface area (Å²) in [5, 5.41) is 20.8. The summed E-state index contributed by atoms with van der Waals surface area (Å²) in [6.07, 6.45) is 17.7. The number of nitrogens with zero attached hydrogens (tertiary/aromatic N) is 11. The van der Waals surface area contributed by atoms with E-state index >= 15 is 0 Å². The molecule has 0 aromatic carbocycles. The first-order valence-corrected chi connectivity index (χ1v) is 20.6. The van der Waals surface area contributed by atoms with Gasteiger partial charge in [0, 0.05) is 101 Å². The highest BCUT2D eigenvalue weighted by Crippen LogP contribution is 2.46. The number of hydrogen-bond donors (Lipinski definition) is 5. The van der Waals surface area contributed by atoms with Gasteiger partial charge in [-0.2, -0.15) is 10.2 Å². The number of pyridine rings is 5. The molecule has 0 bridgehead atoms. The number of thiophene rings is 1. The third-order valence-electron chi connectivity index (χ3n) is 11.4. The van der Waals surface area contributed by atoms with Crippen molar-refractivity contribution in [1.82, 2.24) is 70.2 Å². The van der Waals surface area contributed by atoms with Gasteiger partial charge in [0.15, 0.2) is 17.3 Å². The second-order valence-corrected chi connectivity index (χ2v) is 16.2. The molecule has 0 radical (unpaired) electrons. The van der Waals surface area contributed by atoms with Crippen molar-refractivity contribution < 1.29 is 8.78 Å². The molecule has 0 aliphatic carbocycles. The van der Waals surface area contributed by atoms with Crippen molar-refractivity contribution in [3.05, 3.63) is 107 Å². The standard InChI is InChI=1S/C43H32F2N16S/c44-43(45)2-4-60(21-43)17-22-5-23(10-48-9-22)26-8-29-38(40-52-32-1-3-47-15-33(32)53-40)57-59-42(29)61(18-26)35-20-62-19-31(35)30-14-50-16-34-36(30)55-41(54-34)37-28-7-25(12-51-39(28)58-56-37)24-6-27(46)13-49-11-24/h1,3,5-16,19-20H,2,4,17-18,21,46H2,(H,52,53)(H,54,55)(H,57,59)(H,51,56,58). The minimum absolute atomic E-state index is 0.142. The van der Waals surface area contributed by atoms with Crippen molar-refractivity contribution in [3.63, 3.8) is 0 Å². The van der Waals surface area contributed by atoms with Gasteiger partial charge < -0.3 is 20.6 Å². The van der Waals surface area contributed by atoms with Crippen LogP contribution in [0.4, 0.5) is 26.0 Å². The zero-order valence-corrected chi connectivity index (χ0v) is 33.3. The molecule has 10 aromatic heterocycles. The van der Waals surface area contributed by atoms with Crippen LogP contribution in [0.2, 0.25) is 0 Å². The highest BCUT2D eigenvalue weighted by Gasteiger charge is 2.38. The first kappa shape index (κ1) is 36.1. The summed E-state index contributed by atoms with van der Waals surface area (Å²) in [5.41, 5.74) is 19.3. The summed E-state index contributed by atoms with van der Waals surface area (Å²) in [5.74, 6) is -0.767. The summed E-state index contributed by atoms with van der Waals surface area (Å²) in [4.78, 5) is 43.2. The molecule has 19 heteroatoms. The van der Waals surface area contributed by atoms with Gasteiger partial charge in [0.25, 0.3) is 5.92 Å². The lowest BCUT2D eigenvalue weighted by Gasteiger charge is -2.29. The third-order valence-corrected chi connectivity index (χ3v) is 12.1. The van der Waals surface area contributed by atoms with Gasteiger partial charge in [0.2, 0.25) is 0 Å². The average molecular weight is 843 g/mol. The number of anilines is 3. The van der Waals surface area contributed by atoms with E-state index in [9.17, 15) is 8.78 Å². The van der Waals surface area contributed by atoms with Crippen LogP contribution in [0, 0.1) is 0 Å². The Hall–Kier alpha value is -7.77. The number of nitrogen functional groups attached to an aromatic ring is 1.